The third-order valence-electron chi connectivity index (χ3n) is 2.81. The van der Waals surface area contributed by atoms with Gasteiger partial charge in [-0.15, -0.1) is 0 Å². The molecule has 2 nitrogen and oxygen atoms in total. The molecule has 19 heavy (non-hydrogen) atoms. The van der Waals surface area contributed by atoms with Gasteiger partial charge in [0.15, 0.2) is 0 Å². The fourth-order valence-corrected chi connectivity index (χ4v) is 2.16. The van der Waals surface area contributed by atoms with E-state index in [1.54, 1.807) is 12.1 Å². The number of benzene rings is 2. The molecule has 0 bridgehead atoms. The minimum absolute atomic E-state index is 0.426. The van der Waals surface area contributed by atoms with Crippen LogP contribution in [0.5, 0.6) is 11.5 Å². The summed E-state index contributed by atoms with van der Waals surface area (Å²) in [6.07, 6.45) is 0.860. The van der Waals surface area contributed by atoms with Gasteiger partial charge >= 0.3 is 0 Å². The predicted molar refractivity (Wildman–Crippen MR) is 80.5 cm³/mol. The number of hydrogen-bond acceptors (Lipinski definition) is 2. The fraction of sp³-hybridized carbons (Fsp3) is 0.200. The van der Waals surface area contributed by atoms with Crippen LogP contribution in [0.1, 0.15) is 11.1 Å². The van der Waals surface area contributed by atoms with Crippen LogP contribution >= 0.6 is 23.2 Å². The molecule has 2 rings (SSSR count). The van der Waals surface area contributed by atoms with Crippen LogP contribution in [0.15, 0.2) is 36.4 Å². The summed E-state index contributed by atoms with van der Waals surface area (Å²) in [7, 11) is 0. The van der Waals surface area contributed by atoms with Crippen LogP contribution in [-0.4, -0.2) is 6.54 Å². The van der Waals surface area contributed by atoms with Crippen LogP contribution in [0.2, 0.25) is 10.0 Å². The van der Waals surface area contributed by atoms with Crippen molar-refractivity contribution in [2.75, 3.05) is 6.54 Å². The molecular formula is C15H15Cl2NO. The molecule has 0 aliphatic heterocycles. The zero-order valence-corrected chi connectivity index (χ0v) is 12.1. The monoisotopic (exact) mass is 295 g/mol. The van der Waals surface area contributed by atoms with Gasteiger partial charge in [0, 0.05) is 0 Å². The van der Waals surface area contributed by atoms with E-state index in [9.17, 15) is 0 Å². The Morgan fingerprint density at radius 1 is 1.11 bits per heavy atom. The maximum atomic E-state index is 6.10. The molecule has 4 heteroatoms. The fourth-order valence-electron chi connectivity index (χ4n) is 1.83. The lowest BCUT2D eigenvalue weighted by Gasteiger charge is -2.12. The third kappa shape index (κ3) is 3.41. The minimum Gasteiger partial charge on any atom is -0.455 e. The second kappa shape index (κ2) is 6.29. The van der Waals surface area contributed by atoms with Crippen molar-refractivity contribution in [2.45, 2.75) is 13.3 Å². The summed E-state index contributed by atoms with van der Waals surface area (Å²) in [4.78, 5) is 0. The van der Waals surface area contributed by atoms with Crippen molar-refractivity contribution in [2.24, 2.45) is 5.73 Å². The van der Waals surface area contributed by atoms with Gasteiger partial charge in [-0.25, -0.2) is 0 Å². The topological polar surface area (TPSA) is 35.2 Å². The first kappa shape index (κ1) is 14.2. The van der Waals surface area contributed by atoms with Gasteiger partial charge in [0.05, 0.1) is 5.02 Å². The van der Waals surface area contributed by atoms with Gasteiger partial charge in [-0.2, -0.15) is 0 Å². The molecule has 100 valence electrons. The van der Waals surface area contributed by atoms with Crippen molar-refractivity contribution >= 4 is 23.2 Å². The van der Waals surface area contributed by atoms with Crippen molar-refractivity contribution in [3.63, 3.8) is 0 Å². The first-order chi connectivity index (χ1) is 9.11. The molecule has 2 N–H and O–H groups in total. The van der Waals surface area contributed by atoms with Gasteiger partial charge in [0.25, 0.3) is 0 Å². The number of ether oxygens (including phenoxy) is 1. The number of rotatable bonds is 4. The molecule has 0 heterocycles. The summed E-state index contributed by atoms with van der Waals surface area (Å²) in [6.45, 7) is 2.63. The van der Waals surface area contributed by atoms with Crippen molar-refractivity contribution < 1.29 is 4.74 Å². The highest BCUT2D eigenvalue weighted by atomic mass is 35.5. The Morgan fingerprint density at radius 3 is 2.58 bits per heavy atom. The summed E-state index contributed by atoms with van der Waals surface area (Å²) in [5.74, 6) is 1.33. The Labute approximate surface area is 123 Å². The minimum atomic E-state index is 0.426. The Hall–Kier alpha value is -1.22. The number of halogens is 2. The Bertz CT molecular complexity index is 584. The van der Waals surface area contributed by atoms with Gasteiger partial charge in [-0.1, -0.05) is 41.4 Å². The lowest BCUT2D eigenvalue weighted by Crippen LogP contribution is -2.02. The van der Waals surface area contributed by atoms with E-state index >= 15 is 0 Å². The summed E-state index contributed by atoms with van der Waals surface area (Å²) in [5.41, 5.74) is 7.79. The normalized spacial score (nSPS) is 10.5. The van der Waals surface area contributed by atoms with E-state index in [-0.39, 0.29) is 0 Å². The molecule has 0 aliphatic carbocycles. The molecule has 2 aromatic rings. The molecule has 0 unspecified atom stereocenters. The number of nitrogens with two attached hydrogens (primary N) is 1. The third-order valence-corrected chi connectivity index (χ3v) is 3.61. The molecule has 0 spiro atoms. The summed E-state index contributed by atoms with van der Waals surface area (Å²) < 4.78 is 5.81. The van der Waals surface area contributed by atoms with Gasteiger partial charge < -0.3 is 10.5 Å². The molecule has 0 saturated carbocycles. The van der Waals surface area contributed by atoms with Crippen molar-refractivity contribution in [3.8, 4) is 11.5 Å². The van der Waals surface area contributed by atoms with Crippen LogP contribution in [0.25, 0.3) is 0 Å². The molecule has 0 atom stereocenters. The van der Waals surface area contributed by atoms with Gasteiger partial charge in [0.1, 0.15) is 16.5 Å². The zero-order chi connectivity index (χ0) is 13.8. The average molecular weight is 296 g/mol. The lowest BCUT2D eigenvalue weighted by molar-refractivity contribution is 0.479. The number of aryl methyl sites for hydroxylation is 1. The molecular weight excluding hydrogens is 281 g/mol. The first-order valence-electron chi connectivity index (χ1n) is 6.03. The Balaban J connectivity index is 2.26. The molecule has 2 aromatic carbocycles. The molecule has 0 amide bonds. The van der Waals surface area contributed by atoms with E-state index in [4.69, 9.17) is 33.7 Å². The standard InChI is InChI=1S/C15H15Cl2NO/c1-10-9-11(7-8-18)5-6-13(10)19-14-4-2-3-12(16)15(14)17/h2-6,9H,7-8,18H2,1H3. The Kier molecular flexibility index (Phi) is 4.70. The summed E-state index contributed by atoms with van der Waals surface area (Å²) in [5, 5.41) is 0.908. The van der Waals surface area contributed by atoms with Gasteiger partial charge in [0.2, 0.25) is 0 Å². The van der Waals surface area contributed by atoms with Crippen LogP contribution < -0.4 is 10.5 Å². The van der Waals surface area contributed by atoms with Crippen molar-refractivity contribution in [3.05, 3.63) is 57.6 Å². The SMILES string of the molecule is Cc1cc(CCN)ccc1Oc1cccc(Cl)c1Cl. The van der Waals surface area contributed by atoms with E-state index in [0.717, 1.165) is 17.7 Å². The summed E-state index contributed by atoms with van der Waals surface area (Å²) in [6, 6.07) is 11.3. The highest BCUT2D eigenvalue weighted by molar-refractivity contribution is 6.42. The van der Waals surface area contributed by atoms with Gasteiger partial charge in [-0.3, -0.25) is 0 Å². The van der Waals surface area contributed by atoms with Crippen molar-refractivity contribution in [1.82, 2.24) is 0 Å². The smallest absolute Gasteiger partial charge is 0.147 e. The maximum Gasteiger partial charge on any atom is 0.147 e. The number of hydrogen-bond donors (Lipinski definition) is 1. The maximum absolute atomic E-state index is 6.10. The van der Waals surface area contributed by atoms with Crippen LogP contribution in [0, 0.1) is 6.92 Å². The zero-order valence-electron chi connectivity index (χ0n) is 10.6. The highest BCUT2D eigenvalue weighted by Crippen LogP contribution is 2.35. The highest BCUT2D eigenvalue weighted by Gasteiger charge is 2.08. The largest absolute Gasteiger partial charge is 0.455 e. The molecule has 0 aromatic heterocycles. The van der Waals surface area contributed by atoms with Crippen LogP contribution in [-0.2, 0) is 6.42 Å². The molecule has 0 radical (unpaired) electrons. The second-order valence-corrected chi connectivity index (χ2v) is 5.08. The first-order valence-corrected chi connectivity index (χ1v) is 6.79. The van der Waals surface area contributed by atoms with Crippen molar-refractivity contribution in [1.29, 1.82) is 0 Å². The van der Waals surface area contributed by atoms with E-state index in [2.05, 4.69) is 6.07 Å². The predicted octanol–water partition coefficient (Wildman–Crippen LogP) is 4.60. The Morgan fingerprint density at radius 2 is 1.89 bits per heavy atom. The molecule has 0 aliphatic rings. The van der Waals surface area contributed by atoms with E-state index < -0.39 is 0 Å². The second-order valence-electron chi connectivity index (χ2n) is 4.29. The lowest BCUT2D eigenvalue weighted by atomic mass is 10.1. The van der Waals surface area contributed by atoms with Crippen LogP contribution in [0.4, 0.5) is 0 Å². The molecule has 0 saturated heterocycles. The summed E-state index contributed by atoms with van der Waals surface area (Å²) >= 11 is 12.1. The van der Waals surface area contributed by atoms with E-state index in [1.165, 1.54) is 5.56 Å². The molecule has 0 fully saturated rings. The van der Waals surface area contributed by atoms with Gasteiger partial charge in [-0.05, 0) is 49.2 Å². The van der Waals surface area contributed by atoms with Crippen LogP contribution in [0.3, 0.4) is 0 Å². The van der Waals surface area contributed by atoms with E-state index in [0.29, 0.717) is 22.3 Å². The van der Waals surface area contributed by atoms with E-state index in [1.807, 2.05) is 25.1 Å². The average Bonchev–Trinajstić information content (AvgIpc) is 2.38. The quantitative estimate of drug-likeness (QED) is 0.895.